The highest BCUT2D eigenvalue weighted by Gasteiger charge is 2.18. The summed E-state index contributed by atoms with van der Waals surface area (Å²) in [6.07, 6.45) is -0.812. The Morgan fingerprint density at radius 3 is 2.50 bits per heavy atom. The number of aryl methyl sites for hydroxylation is 1. The number of ether oxygens (including phenoxy) is 1. The van der Waals surface area contributed by atoms with Crippen molar-refractivity contribution in [1.82, 2.24) is 9.97 Å². The van der Waals surface area contributed by atoms with Crippen molar-refractivity contribution in [3.8, 4) is 5.75 Å². The number of methoxy groups -OCH3 is 1. The van der Waals surface area contributed by atoms with Gasteiger partial charge in [0.2, 0.25) is 0 Å². The van der Waals surface area contributed by atoms with Gasteiger partial charge in [-0.2, -0.15) is 0 Å². The van der Waals surface area contributed by atoms with Gasteiger partial charge in [0.1, 0.15) is 23.2 Å². The van der Waals surface area contributed by atoms with Crippen LogP contribution in [0.2, 0.25) is 0 Å². The molecule has 0 saturated carbocycles. The highest BCUT2D eigenvalue weighted by atomic mass is 31.1. The van der Waals surface area contributed by atoms with Gasteiger partial charge in [0.25, 0.3) is 6.43 Å². The van der Waals surface area contributed by atoms with Gasteiger partial charge < -0.3 is 10.1 Å². The number of nitrogens with one attached hydrogen (secondary N) is 1. The predicted octanol–water partition coefficient (Wildman–Crippen LogP) is 5.78. The summed E-state index contributed by atoms with van der Waals surface area (Å²) in [4.78, 5) is 8.99. The van der Waals surface area contributed by atoms with Gasteiger partial charge in [-0.15, -0.1) is 0 Å². The van der Waals surface area contributed by atoms with Gasteiger partial charge in [0, 0.05) is 28.9 Å². The summed E-state index contributed by atoms with van der Waals surface area (Å²) in [5.41, 5.74) is 0.284. The fourth-order valence-corrected chi connectivity index (χ4v) is 5.36. The first-order chi connectivity index (χ1) is 14.4. The number of aromatic nitrogens is 2. The van der Waals surface area contributed by atoms with Gasteiger partial charge in [-0.05, 0) is 25.3 Å². The predicted molar refractivity (Wildman–Crippen MR) is 117 cm³/mol. The molecular weight excluding hydrogens is 410 g/mol. The molecule has 0 unspecified atom stereocenters. The van der Waals surface area contributed by atoms with Crippen LogP contribution in [-0.4, -0.2) is 29.4 Å². The molecule has 0 aliphatic rings. The van der Waals surface area contributed by atoms with E-state index in [1.807, 2.05) is 12.1 Å². The van der Waals surface area contributed by atoms with E-state index in [2.05, 4.69) is 29.1 Å². The van der Waals surface area contributed by atoms with E-state index in [-0.39, 0.29) is 12.1 Å². The molecule has 3 aromatic rings. The average Bonchev–Trinajstić information content (AvgIpc) is 2.73. The Morgan fingerprint density at radius 1 is 1.13 bits per heavy atom. The minimum Gasteiger partial charge on any atom is -0.496 e. The second-order valence-electron chi connectivity index (χ2n) is 6.81. The number of fused-ring (bicyclic) bond motifs is 1. The van der Waals surface area contributed by atoms with Crippen LogP contribution in [0.25, 0.3) is 10.9 Å². The molecule has 0 aliphatic carbocycles. The van der Waals surface area contributed by atoms with Crippen molar-refractivity contribution >= 4 is 29.9 Å². The number of alkyl halides is 2. The first-order valence-electron chi connectivity index (χ1n) is 9.80. The van der Waals surface area contributed by atoms with Crippen molar-refractivity contribution in [2.75, 3.05) is 24.8 Å². The van der Waals surface area contributed by atoms with E-state index >= 15 is 0 Å². The van der Waals surface area contributed by atoms with E-state index in [1.54, 1.807) is 14.0 Å². The lowest BCUT2D eigenvalue weighted by Gasteiger charge is -2.19. The molecule has 4 nitrogen and oxygen atoms in total. The molecule has 0 spiro atoms. The number of anilines is 1. The van der Waals surface area contributed by atoms with Crippen molar-refractivity contribution < 1.29 is 17.9 Å². The summed E-state index contributed by atoms with van der Waals surface area (Å²) in [6, 6.07) is 7.98. The lowest BCUT2D eigenvalue weighted by molar-refractivity contribution is 0.146. The quantitative estimate of drug-likeness (QED) is 0.456. The minimum absolute atomic E-state index is 0.0373. The molecule has 1 heterocycles. The average molecular weight is 435 g/mol. The van der Waals surface area contributed by atoms with Gasteiger partial charge >= 0.3 is 0 Å². The number of benzene rings is 2. The Morgan fingerprint density at radius 2 is 1.87 bits per heavy atom. The normalized spacial score (nSPS) is 11.5. The minimum atomic E-state index is -2.86. The van der Waals surface area contributed by atoms with Crippen molar-refractivity contribution in [2.24, 2.45) is 0 Å². The summed E-state index contributed by atoms with van der Waals surface area (Å²) in [6.45, 7) is 6.12. The van der Waals surface area contributed by atoms with Crippen LogP contribution in [0.5, 0.6) is 5.75 Å². The SMILES string of the molecule is CCP(CC)c1cc2c(NCc3cccc(C(F)F)c3F)nc(C)nc2cc1OC. The van der Waals surface area contributed by atoms with E-state index in [9.17, 15) is 13.2 Å². The molecule has 8 heteroatoms. The molecule has 2 aromatic carbocycles. The van der Waals surface area contributed by atoms with E-state index in [0.29, 0.717) is 11.6 Å². The number of rotatable bonds is 8. The molecule has 0 aliphatic heterocycles. The molecule has 0 radical (unpaired) electrons. The third kappa shape index (κ3) is 4.51. The second kappa shape index (κ2) is 9.61. The summed E-state index contributed by atoms with van der Waals surface area (Å²) >= 11 is 0. The Kier molecular flexibility index (Phi) is 7.14. The van der Waals surface area contributed by atoms with E-state index in [1.165, 1.54) is 12.1 Å². The lowest BCUT2D eigenvalue weighted by atomic mass is 10.1. The maximum Gasteiger partial charge on any atom is 0.266 e. The molecule has 0 fully saturated rings. The summed E-state index contributed by atoms with van der Waals surface area (Å²) in [7, 11) is 1.26. The summed E-state index contributed by atoms with van der Waals surface area (Å²) in [5.74, 6) is 1.01. The molecule has 0 amide bonds. The Balaban J connectivity index is 2.03. The molecule has 1 N–H and O–H groups in total. The van der Waals surface area contributed by atoms with Crippen molar-refractivity contribution in [3.63, 3.8) is 0 Å². The fourth-order valence-electron chi connectivity index (χ4n) is 3.45. The summed E-state index contributed by atoms with van der Waals surface area (Å²) in [5, 5.41) is 5.05. The molecule has 0 atom stereocenters. The van der Waals surface area contributed by atoms with Gasteiger partial charge in [0.15, 0.2) is 0 Å². The molecule has 1 aromatic heterocycles. The lowest BCUT2D eigenvalue weighted by Crippen LogP contribution is -2.11. The van der Waals surface area contributed by atoms with Crippen LogP contribution < -0.4 is 15.4 Å². The topological polar surface area (TPSA) is 47.0 Å². The van der Waals surface area contributed by atoms with Crippen molar-refractivity contribution in [2.45, 2.75) is 33.7 Å². The van der Waals surface area contributed by atoms with Crippen LogP contribution in [0, 0.1) is 12.7 Å². The number of hydrogen-bond donors (Lipinski definition) is 1. The first-order valence-corrected chi connectivity index (χ1v) is 11.5. The maximum atomic E-state index is 14.4. The fraction of sp³-hybridized carbons (Fsp3) is 0.364. The molecule has 0 saturated heterocycles. The number of hydrogen-bond acceptors (Lipinski definition) is 4. The zero-order valence-electron chi connectivity index (χ0n) is 17.5. The van der Waals surface area contributed by atoms with E-state index < -0.39 is 25.7 Å². The maximum absolute atomic E-state index is 14.4. The number of nitrogens with zero attached hydrogens (tertiary/aromatic N) is 2. The van der Waals surface area contributed by atoms with Gasteiger partial charge in [0.05, 0.1) is 18.2 Å². The molecular formula is C22H25F3N3OP. The van der Waals surface area contributed by atoms with E-state index in [4.69, 9.17) is 4.74 Å². The molecule has 160 valence electrons. The van der Waals surface area contributed by atoms with Crippen LogP contribution in [0.3, 0.4) is 0 Å². The van der Waals surface area contributed by atoms with Crippen LogP contribution in [0.1, 0.15) is 37.2 Å². The Hall–Kier alpha value is -2.40. The zero-order chi connectivity index (χ0) is 21.8. The third-order valence-electron chi connectivity index (χ3n) is 5.00. The van der Waals surface area contributed by atoms with Crippen LogP contribution in [-0.2, 0) is 6.54 Å². The van der Waals surface area contributed by atoms with Gasteiger partial charge in [-0.25, -0.2) is 23.1 Å². The van der Waals surface area contributed by atoms with Crippen molar-refractivity contribution in [3.05, 3.63) is 53.1 Å². The van der Waals surface area contributed by atoms with Crippen LogP contribution in [0.4, 0.5) is 19.0 Å². The van der Waals surface area contributed by atoms with Crippen molar-refractivity contribution in [1.29, 1.82) is 0 Å². The standard InChI is InChI=1S/C22H25F3N3OP/c1-5-30(6-2)19-10-16-17(11-18(19)29-4)27-13(3)28-22(16)26-12-14-8-7-9-15(20(14)23)21(24)25/h7-11,21H,5-6,12H2,1-4H3,(H,26,27,28). The largest absolute Gasteiger partial charge is 0.496 e. The third-order valence-corrected chi connectivity index (χ3v) is 7.56. The van der Waals surface area contributed by atoms with E-state index in [0.717, 1.165) is 40.3 Å². The highest BCUT2D eigenvalue weighted by Crippen LogP contribution is 2.39. The first kappa shape index (κ1) is 22.3. The molecule has 0 bridgehead atoms. The Labute approximate surface area is 175 Å². The number of halogens is 3. The summed E-state index contributed by atoms with van der Waals surface area (Å²) < 4.78 is 46.0. The smallest absolute Gasteiger partial charge is 0.266 e. The molecule has 3 rings (SSSR count). The van der Waals surface area contributed by atoms with Crippen LogP contribution in [0.15, 0.2) is 30.3 Å². The zero-order valence-corrected chi connectivity index (χ0v) is 18.4. The highest BCUT2D eigenvalue weighted by molar-refractivity contribution is 7.65. The molecule has 30 heavy (non-hydrogen) atoms. The Bertz CT molecular complexity index is 1040. The van der Waals surface area contributed by atoms with Gasteiger partial charge in [-0.1, -0.05) is 40.0 Å². The van der Waals surface area contributed by atoms with Crippen LogP contribution >= 0.6 is 7.92 Å². The van der Waals surface area contributed by atoms with Gasteiger partial charge in [-0.3, -0.25) is 0 Å². The second-order valence-corrected chi connectivity index (χ2v) is 9.63. The monoisotopic (exact) mass is 435 g/mol.